The SMILES string of the molecule is CC(c1cc(O)cc(O)c1)N1CCC(C(N)=O)C1. The highest BCUT2D eigenvalue weighted by Crippen LogP contribution is 2.31. The molecule has 5 heteroatoms. The molecule has 0 aromatic heterocycles. The van der Waals surface area contributed by atoms with E-state index in [1.807, 2.05) is 6.92 Å². The number of aromatic hydroxyl groups is 2. The van der Waals surface area contributed by atoms with Crippen LogP contribution in [0.5, 0.6) is 11.5 Å². The van der Waals surface area contributed by atoms with Gasteiger partial charge in [-0.2, -0.15) is 0 Å². The van der Waals surface area contributed by atoms with Gasteiger partial charge < -0.3 is 15.9 Å². The molecule has 0 aliphatic carbocycles. The molecule has 0 spiro atoms. The van der Waals surface area contributed by atoms with Crippen molar-refractivity contribution in [3.8, 4) is 11.5 Å². The van der Waals surface area contributed by atoms with Crippen LogP contribution in [0.25, 0.3) is 0 Å². The van der Waals surface area contributed by atoms with Crippen molar-refractivity contribution in [1.29, 1.82) is 0 Å². The fourth-order valence-electron chi connectivity index (χ4n) is 2.44. The highest BCUT2D eigenvalue weighted by Gasteiger charge is 2.30. The van der Waals surface area contributed by atoms with Gasteiger partial charge in [-0.3, -0.25) is 9.69 Å². The van der Waals surface area contributed by atoms with E-state index in [0.717, 1.165) is 18.5 Å². The van der Waals surface area contributed by atoms with E-state index >= 15 is 0 Å². The van der Waals surface area contributed by atoms with Gasteiger partial charge in [0.2, 0.25) is 5.91 Å². The molecule has 1 aliphatic heterocycles. The van der Waals surface area contributed by atoms with Crippen LogP contribution in [0.3, 0.4) is 0 Å². The molecule has 1 aliphatic rings. The van der Waals surface area contributed by atoms with Gasteiger partial charge in [0.1, 0.15) is 11.5 Å². The van der Waals surface area contributed by atoms with Crippen LogP contribution >= 0.6 is 0 Å². The van der Waals surface area contributed by atoms with Gasteiger partial charge in [0, 0.05) is 18.7 Å². The number of nitrogens with zero attached hydrogens (tertiary/aromatic N) is 1. The van der Waals surface area contributed by atoms with Crippen molar-refractivity contribution in [2.75, 3.05) is 13.1 Å². The van der Waals surface area contributed by atoms with Gasteiger partial charge >= 0.3 is 0 Å². The summed E-state index contributed by atoms with van der Waals surface area (Å²) in [4.78, 5) is 13.3. The molecule has 1 saturated heterocycles. The monoisotopic (exact) mass is 250 g/mol. The molecule has 0 bridgehead atoms. The number of amides is 1. The second kappa shape index (κ2) is 4.86. The molecule has 1 fully saturated rings. The number of hydrogen-bond acceptors (Lipinski definition) is 4. The van der Waals surface area contributed by atoms with E-state index in [0.29, 0.717) is 6.54 Å². The Morgan fingerprint density at radius 2 is 2.00 bits per heavy atom. The minimum absolute atomic E-state index is 0.0346. The van der Waals surface area contributed by atoms with Gasteiger partial charge in [-0.25, -0.2) is 0 Å². The summed E-state index contributed by atoms with van der Waals surface area (Å²) in [6.45, 7) is 3.41. The Kier molecular flexibility index (Phi) is 3.43. The number of phenolic OH excluding ortho intramolecular Hbond substituents is 2. The molecule has 1 aromatic carbocycles. The Balaban J connectivity index is 2.12. The Bertz CT molecular complexity index is 441. The Morgan fingerprint density at radius 3 is 2.50 bits per heavy atom. The maximum atomic E-state index is 11.1. The van der Waals surface area contributed by atoms with E-state index in [9.17, 15) is 15.0 Å². The summed E-state index contributed by atoms with van der Waals surface area (Å²) < 4.78 is 0. The van der Waals surface area contributed by atoms with Crippen LogP contribution in [0, 0.1) is 5.92 Å². The Hall–Kier alpha value is -1.75. The number of carbonyl (C=O) groups is 1. The second-order valence-electron chi connectivity index (χ2n) is 4.84. The van der Waals surface area contributed by atoms with Gasteiger partial charge in [0.05, 0.1) is 5.92 Å². The van der Waals surface area contributed by atoms with Crippen molar-refractivity contribution in [3.63, 3.8) is 0 Å². The van der Waals surface area contributed by atoms with Crippen LogP contribution in [0.2, 0.25) is 0 Å². The van der Waals surface area contributed by atoms with Gasteiger partial charge in [-0.15, -0.1) is 0 Å². The molecule has 4 N–H and O–H groups in total. The molecule has 2 rings (SSSR count). The zero-order valence-corrected chi connectivity index (χ0v) is 10.3. The third-order valence-corrected chi connectivity index (χ3v) is 3.58. The molecule has 2 unspecified atom stereocenters. The average Bonchev–Trinajstić information content (AvgIpc) is 2.75. The molecule has 2 atom stereocenters. The molecule has 98 valence electrons. The van der Waals surface area contributed by atoms with Crippen molar-refractivity contribution in [2.24, 2.45) is 11.7 Å². The van der Waals surface area contributed by atoms with E-state index in [2.05, 4.69) is 4.90 Å². The third-order valence-electron chi connectivity index (χ3n) is 3.58. The summed E-state index contributed by atoms with van der Waals surface area (Å²) in [5, 5.41) is 18.9. The van der Waals surface area contributed by atoms with Crippen LogP contribution < -0.4 is 5.73 Å². The number of benzene rings is 1. The molecule has 18 heavy (non-hydrogen) atoms. The second-order valence-corrected chi connectivity index (χ2v) is 4.84. The summed E-state index contributed by atoms with van der Waals surface area (Å²) in [6, 6.07) is 4.59. The highest BCUT2D eigenvalue weighted by molar-refractivity contribution is 5.77. The van der Waals surface area contributed by atoms with Crippen molar-refractivity contribution in [3.05, 3.63) is 23.8 Å². The van der Waals surface area contributed by atoms with Gasteiger partial charge in [0.15, 0.2) is 0 Å². The topological polar surface area (TPSA) is 86.8 Å². The smallest absolute Gasteiger partial charge is 0.221 e. The van der Waals surface area contributed by atoms with Gasteiger partial charge in [-0.05, 0) is 37.6 Å². The van der Waals surface area contributed by atoms with E-state index in [1.165, 1.54) is 6.07 Å². The number of hydrogen-bond donors (Lipinski definition) is 3. The van der Waals surface area contributed by atoms with Crippen LogP contribution in [0.4, 0.5) is 0 Å². The van der Waals surface area contributed by atoms with Crippen molar-refractivity contribution in [1.82, 2.24) is 4.90 Å². The summed E-state index contributed by atoms with van der Waals surface area (Å²) in [5.74, 6) is -0.271. The molecule has 0 radical (unpaired) electrons. The molecule has 1 amide bonds. The third kappa shape index (κ3) is 2.56. The number of primary amides is 1. The molecule has 5 nitrogen and oxygen atoms in total. The summed E-state index contributed by atoms with van der Waals surface area (Å²) >= 11 is 0. The first-order chi connectivity index (χ1) is 8.47. The fraction of sp³-hybridized carbons (Fsp3) is 0.462. The maximum absolute atomic E-state index is 11.1. The first kappa shape index (κ1) is 12.7. The lowest BCUT2D eigenvalue weighted by Crippen LogP contribution is -2.29. The van der Waals surface area contributed by atoms with Gasteiger partial charge in [0.25, 0.3) is 0 Å². The van der Waals surface area contributed by atoms with Crippen molar-refractivity contribution in [2.45, 2.75) is 19.4 Å². The number of phenols is 2. The quantitative estimate of drug-likeness (QED) is 0.746. The highest BCUT2D eigenvalue weighted by atomic mass is 16.3. The van der Waals surface area contributed by atoms with Crippen LogP contribution in [0.15, 0.2) is 18.2 Å². The number of carbonyl (C=O) groups excluding carboxylic acids is 1. The average molecular weight is 250 g/mol. The molecule has 0 saturated carbocycles. The van der Waals surface area contributed by atoms with Crippen molar-refractivity contribution < 1.29 is 15.0 Å². The maximum Gasteiger partial charge on any atom is 0.221 e. The van der Waals surface area contributed by atoms with E-state index < -0.39 is 0 Å². The predicted octanol–water partition coefficient (Wildman–Crippen LogP) is 0.966. The van der Waals surface area contributed by atoms with E-state index in [-0.39, 0.29) is 29.4 Å². The predicted molar refractivity (Wildman–Crippen MR) is 67.1 cm³/mol. The Morgan fingerprint density at radius 1 is 1.39 bits per heavy atom. The van der Waals surface area contributed by atoms with Gasteiger partial charge in [-0.1, -0.05) is 0 Å². The van der Waals surface area contributed by atoms with Crippen molar-refractivity contribution >= 4 is 5.91 Å². The lowest BCUT2D eigenvalue weighted by atomic mass is 10.1. The molecular weight excluding hydrogens is 232 g/mol. The molecular formula is C13H18N2O3. The molecule has 1 aromatic rings. The minimum atomic E-state index is -0.261. The summed E-state index contributed by atoms with van der Waals surface area (Å²) in [6.07, 6.45) is 0.768. The first-order valence-electron chi connectivity index (χ1n) is 6.03. The van der Waals surface area contributed by atoms with Crippen LogP contribution in [-0.2, 0) is 4.79 Å². The normalized spacial score (nSPS) is 21.9. The van der Waals surface area contributed by atoms with E-state index in [1.54, 1.807) is 12.1 Å². The zero-order chi connectivity index (χ0) is 13.3. The minimum Gasteiger partial charge on any atom is -0.508 e. The molecule has 1 heterocycles. The number of nitrogens with two attached hydrogens (primary N) is 1. The number of rotatable bonds is 3. The summed E-state index contributed by atoms with van der Waals surface area (Å²) in [5.41, 5.74) is 6.13. The Labute approximate surface area is 106 Å². The van der Waals surface area contributed by atoms with E-state index in [4.69, 9.17) is 5.73 Å². The van der Waals surface area contributed by atoms with Crippen LogP contribution in [-0.4, -0.2) is 34.1 Å². The number of likely N-dealkylation sites (tertiary alicyclic amines) is 1. The summed E-state index contributed by atoms with van der Waals surface area (Å²) in [7, 11) is 0. The van der Waals surface area contributed by atoms with Crippen LogP contribution in [0.1, 0.15) is 24.9 Å². The largest absolute Gasteiger partial charge is 0.508 e. The first-order valence-corrected chi connectivity index (χ1v) is 6.03. The zero-order valence-electron chi connectivity index (χ0n) is 10.3. The lowest BCUT2D eigenvalue weighted by molar-refractivity contribution is -0.121. The fourth-order valence-corrected chi connectivity index (χ4v) is 2.44. The standard InChI is InChI=1S/C13H18N2O3/c1-8(10-4-11(16)6-12(17)5-10)15-3-2-9(7-15)13(14)18/h4-6,8-9,16-17H,2-3,7H2,1H3,(H2,14,18). The lowest BCUT2D eigenvalue weighted by Gasteiger charge is -2.24.